The highest BCUT2D eigenvalue weighted by atomic mass is 79.9. The van der Waals surface area contributed by atoms with Crippen molar-refractivity contribution >= 4 is 33.4 Å². The molecular formula is C10H12BrN3O4. The highest BCUT2D eigenvalue weighted by molar-refractivity contribution is 9.10. The van der Waals surface area contributed by atoms with Crippen LogP contribution in [0.1, 0.15) is 20.8 Å². The van der Waals surface area contributed by atoms with Gasteiger partial charge in [-0.1, -0.05) is 0 Å². The average molecular weight is 318 g/mol. The molecule has 0 aliphatic rings. The maximum Gasteiger partial charge on any atom is 0.412 e. The number of hydrogen-bond acceptors (Lipinski definition) is 5. The Labute approximate surface area is 112 Å². The van der Waals surface area contributed by atoms with Gasteiger partial charge in [-0.15, -0.1) is 0 Å². The second kappa shape index (κ2) is 5.30. The van der Waals surface area contributed by atoms with Crippen LogP contribution in [0.25, 0.3) is 0 Å². The lowest BCUT2D eigenvalue weighted by atomic mass is 10.2. The first kappa shape index (κ1) is 14.4. The second-order valence-corrected chi connectivity index (χ2v) is 5.22. The predicted molar refractivity (Wildman–Crippen MR) is 68.4 cm³/mol. The van der Waals surface area contributed by atoms with Gasteiger partial charge in [0.15, 0.2) is 0 Å². The molecule has 1 heterocycles. The van der Waals surface area contributed by atoms with Gasteiger partial charge in [0.05, 0.1) is 4.92 Å². The van der Waals surface area contributed by atoms with E-state index in [1.165, 1.54) is 6.07 Å². The molecule has 98 valence electrons. The molecule has 1 aromatic rings. The molecule has 0 saturated heterocycles. The summed E-state index contributed by atoms with van der Waals surface area (Å²) in [6.45, 7) is 5.09. The van der Waals surface area contributed by atoms with Crippen molar-refractivity contribution in [3.8, 4) is 0 Å². The van der Waals surface area contributed by atoms with Crippen molar-refractivity contribution in [1.82, 2.24) is 4.98 Å². The van der Waals surface area contributed by atoms with Gasteiger partial charge in [-0.2, -0.15) is 0 Å². The van der Waals surface area contributed by atoms with Crippen LogP contribution in [0.15, 0.2) is 16.9 Å². The van der Waals surface area contributed by atoms with Crippen LogP contribution >= 0.6 is 15.9 Å². The first-order valence-electron chi connectivity index (χ1n) is 4.99. The van der Waals surface area contributed by atoms with Crippen molar-refractivity contribution in [3.63, 3.8) is 0 Å². The number of carbonyl (C=O) groups excluding carboxylic acids is 1. The Morgan fingerprint density at radius 3 is 2.67 bits per heavy atom. The third-order valence-corrected chi connectivity index (χ3v) is 2.12. The summed E-state index contributed by atoms with van der Waals surface area (Å²) in [5, 5.41) is 13.1. The zero-order valence-electron chi connectivity index (χ0n) is 10.1. The number of nitro groups is 1. The van der Waals surface area contributed by atoms with E-state index >= 15 is 0 Å². The molecule has 7 nitrogen and oxygen atoms in total. The molecule has 18 heavy (non-hydrogen) atoms. The van der Waals surface area contributed by atoms with Gasteiger partial charge in [-0.25, -0.2) is 9.78 Å². The van der Waals surface area contributed by atoms with Crippen LogP contribution in [0, 0.1) is 10.1 Å². The van der Waals surface area contributed by atoms with E-state index in [9.17, 15) is 14.9 Å². The number of anilines is 1. The molecule has 0 aromatic carbocycles. The topological polar surface area (TPSA) is 94.4 Å². The lowest BCUT2D eigenvalue weighted by Gasteiger charge is -2.19. The fraction of sp³-hybridized carbons (Fsp3) is 0.400. The standard InChI is InChI=1S/C10H12BrN3O4/c1-10(2,3)18-9(15)13-6-4-8(11)12-5-7(6)14(16)17/h4-5H,1-3H3,(H,12,13,15). The Kier molecular flexibility index (Phi) is 4.23. The van der Waals surface area contributed by atoms with Crippen LogP contribution in [0.3, 0.4) is 0 Å². The fourth-order valence-corrected chi connectivity index (χ4v) is 1.41. The Balaban J connectivity index is 2.93. The summed E-state index contributed by atoms with van der Waals surface area (Å²) in [5.41, 5.74) is -0.955. The van der Waals surface area contributed by atoms with E-state index in [0.717, 1.165) is 6.20 Å². The van der Waals surface area contributed by atoms with Crippen LogP contribution in [0.2, 0.25) is 0 Å². The monoisotopic (exact) mass is 317 g/mol. The summed E-state index contributed by atoms with van der Waals surface area (Å²) in [6, 6.07) is 1.34. The third-order valence-electron chi connectivity index (χ3n) is 1.68. The van der Waals surface area contributed by atoms with Gasteiger partial charge in [0, 0.05) is 6.07 Å². The van der Waals surface area contributed by atoms with E-state index in [-0.39, 0.29) is 11.4 Å². The molecule has 1 aromatic heterocycles. The van der Waals surface area contributed by atoms with Crippen LogP contribution in [-0.4, -0.2) is 21.6 Å². The van der Waals surface area contributed by atoms with Gasteiger partial charge < -0.3 is 4.74 Å². The highest BCUT2D eigenvalue weighted by Crippen LogP contribution is 2.26. The molecule has 0 aliphatic heterocycles. The van der Waals surface area contributed by atoms with E-state index in [4.69, 9.17) is 4.74 Å². The van der Waals surface area contributed by atoms with Gasteiger partial charge in [0.25, 0.3) is 0 Å². The number of hydrogen-bond donors (Lipinski definition) is 1. The lowest BCUT2D eigenvalue weighted by Crippen LogP contribution is -2.27. The zero-order valence-corrected chi connectivity index (χ0v) is 11.6. The van der Waals surface area contributed by atoms with Gasteiger partial charge in [-0.3, -0.25) is 15.4 Å². The number of halogens is 1. The van der Waals surface area contributed by atoms with Crippen LogP contribution in [-0.2, 0) is 4.74 Å². The molecule has 0 unspecified atom stereocenters. The van der Waals surface area contributed by atoms with Crippen LogP contribution in [0.5, 0.6) is 0 Å². The number of ether oxygens (including phenoxy) is 1. The smallest absolute Gasteiger partial charge is 0.412 e. The summed E-state index contributed by atoms with van der Waals surface area (Å²) in [4.78, 5) is 25.4. The molecule has 8 heteroatoms. The number of carbonyl (C=O) groups is 1. The van der Waals surface area contributed by atoms with Crippen molar-refractivity contribution in [3.05, 3.63) is 27.0 Å². The van der Waals surface area contributed by atoms with E-state index < -0.39 is 16.6 Å². The van der Waals surface area contributed by atoms with Crippen molar-refractivity contribution in [2.75, 3.05) is 5.32 Å². The van der Waals surface area contributed by atoms with Gasteiger partial charge >= 0.3 is 11.8 Å². The molecule has 0 fully saturated rings. The normalized spacial score (nSPS) is 10.9. The molecule has 0 saturated carbocycles. The first-order valence-corrected chi connectivity index (χ1v) is 5.78. The Bertz CT molecular complexity index is 485. The highest BCUT2D eigenvalue weighted by Gasteiger charge is 2.21. The molecule has 0 aliphatic carbocycles. The van der Waals surface area contributed by atoms with E-state index in [1.54, 1.807) is 20.8 Å². The molecule has 1 N–H and O–H groups in total. The number of aromatic nitrogens is 1. The minimum atomic E-state index is -0.760. The number of nitrogens with zero attached hydrogens (tertiary/aromatic N) is 2. The molecule has 0 radical (unpaired) electrons. The summed E-state index contributed by atoms with van der Waals surface area (Å²) in [7, 11) is 0. The van der Waals surface area contributed by atoms with Gasteiger partial charge in [0.2, 0.25) is 0 Å². The molecule has 0 spiro atoms. The van der Waals surface area contributed by atoms with E-state index in [1.807, 2.05) is 0 Å². The zero-order chi connectivity index (χ0) is 13.9. The SMILES string of the molecule is CC(C)(C)OC(=O)Nc1cc(Br)ncc1[N+](=O)[O-]. The van der Waals surface area contributed by atoms with Gasteiger partial charge in [-0.05, 0) is 36.7 Å². The summed E-state index contributed by atoms with van der Waals surface area (Å²) < 4.78 is 5.38. The number of nitrogens with one attached hydrogen (secondary N) is 1. The molecular weight excluding hydrogens is 306 g/mol. The van der Waals surface area contributed by atoms with Crippen LogP contribution < -0.4 is 5.32 Å². The largest absolute Gasteiger partial charge is 0.444 e. The number of rotatable bonds is 2. The van der Waals surface area contributed by atoms with Crippen LogP contribution in [0.4, 0.5) is 16.2 Å². The van der Waals surface area contributed by atoms with Crippen molar-refractivity contribution in [1.29, 1.82) is 0 Å². The Morgan fingerprint density at radius 1 is 1.56 bits per heavy atom. The predicted octanol–water partition coefficient (Wildman–Crippen LogP) is 3.10. The number of pyridine rings is 1. The molecule has 0 atom stereocenters. The van der Waals surface area contributed by atoms with E-state index in [2.05, 4.69) is 26.2 Å². The summed E-state index contributed by atoms with van der Waals surface area (Å²) in [5.74, 6) is 0. The lowest BCUT2D eigenvalue weighted by molar-refractivity contribution is -0.384. The van der Waals surface area contributed by atoms with Crippen molar-refractivity contribution < 1.29 is 14.5 Å². The minimum Gasteiger partial charge on any atom is -0.444 e. The maximum atomic E-state index is 11.5. The quantitative estimate of drug-likeness (QED) is 0.513. The van der Waals surface area contributed by atoms with Crippen molar-refractivity contribution in [2.45, 2.75) is 26.4 Å². The first-order chi connectivity index (χ1) is 8.19. The summed E-state index contributed by atoms with van der Waals surface area (Å²) >= 11 is 3.07. The Morgan fingerprint density at radius 2 is 2.17 bits per heavy atom. The summed E-state index contributed by atoms with van der Waals surface area (Å²) in [6.07, 6.45) is 0.292. The fourth-order valence-electron chi connectivity index (χ4n) is 1.08. The third kappa shape index (κ3) is 4.28. The minimum absolute atomic E-state index is 0.0242. The second-order valence-electron chi connectivity index (χ2n) is 4.41. The average Bonchev–Trinajstić information content (AvgIpc) is 2.13. The van der Waals surface area contributed by atoms with Crippen molar-refractivity contribution in [2.24, 2.45) is 0 Å². The Hall–Kier alpha value is -1.70. The molecule has 1 rings (SSSR count). The maximum absolute atomic E-state index is 11.5. The molecule has 1 amide bonds. The van der Waals surface area contributed by atoms with E-state index in [0.29, 0.717) is 4.60 Å². The van der Waals surface area contributed by atoms with Gasteiger partial charge in [0.1, 0.15) is 22.1 Å². The number of amides is 1. The molecule has 0 bridgehead atoms.